The predicted molar refractivity (Wildman–Crippen MR) is 78.2 cm³/mol. The Morgan fingerprint density at radius 1 is 1.30 bits per heavy atom. The second kappa shape index (κ2) is 5.52. The Morgan fingerprint density at radius 3 is 2.85 bits per heavy atom. The maximum Gasteiger partial charge on any atom is 0.250 e. The Morgan fingerprint density at radius 2 is 2.10 bits per heavy atom. The van der Waals surface area contributed by atoms with E-state index in [0.29, 0.717) is 24.9 Å². The van der Waals surface area contributed by atoms with Crippen molar-refractivity contribution in [1.82, 2.24) is 9.88 Å². The molecule has 1 saturated carbocycles. The molecular formula is C16H22N2O2. The molecule has 1 unspecified atom stereocenters. The van der Waals surface area contributed by atoms with E-state index < -0.39 is 0 Å². The zero-order valence-corrected chi connectivity index (χ0v) is 12.0. The van der Waals surface area contributed by atoms with Gasteiger partial charge in [0.2, 0.25) is 0 Å². The highest BCUT2D eigenvalue weighted by Crippen LogP contribution is 2.21. The largest absolute Gasteiger partial charge is 0.314 e. The molecule has 1 atom stereocenters. The molecule has 0 aromatic carbocycles. The molecule has 0 radical (unpaired) electrons. The molecule has 0 bridgehead atoms. The van der Waals surface area contributed by atoms with Gasteiger partial charge in [-0.15, -0.1) is 0 Å². The summed E-state index contributed by atoms with van der Waals surface area (Å²) in [6.07, 6.45) is 4.89. The molecule has 3 rings (SSSR count). The van der Waals surface area contributed by atoms with Crippen molar-refractivity contribution >= 4 is 5.78 Å². The maximum absolute atomic E-state index is 12.1. The first-order valence-corrected chi connectivity index (χ1v) is 7.64. The first-order chi connectivity index (χ1) is 9.65. The number of fused-ring (bicyclic) bond motifs is 1. The quantitative estimate of drug-likeness (QED) is 0.890. The number of hydrogen-bond donors (Lipinski definition) is 1. The number of nitrogens with zero attached hydrogens (tertiary/aromatic N) is 1. The number of pyridine rings is 1. The van der Waals surface area contributed by atoms with Crippen LogP contribution in [-0.4, -0.2) is 22.9 Å². The number of carbonyl (C=O) groups is 1. The highest BCUT2D eigenvalue weighted by molar-refractivity contribution is 5.97. The number of nitrogens with one attached hydrogen (secondary N) is 1. The zero-order valence-electron chi connectivity index (χ0n) is 12.0. The highest BCUT2D eigenvalue weighted by atomic mass is 16.1. The highest BCUT2D eigenvalue weighted by Gasteiger charge is 2.23. The van der Waals surface area contributed by atoms with Crippen molar-refractivity contribution in [3.63, 3.8) is 0 Å². The molecule has 1 fully saturated rings. The minimum atomic E-state index is 0.0247. The van der Waals surface area contributed by atoms with E-state index in [1.165, 1.54) is 12.8 Å². The van der Waals surface area contributed by atoms with Gasteiger partial charge in [0.1, 0.15) is 0 Å². The van der Waals surface area contributed by atoms with Crippen LogP contribution in [0.15, 0.2) is 16.9 Å². The molecule has 20 heavy (non-hydrogen) atoms. The van der Waals surface area contributed by atoms with Crippen molar-refractivity contribution in [2.75, 3.05) is 6.54 Å². The van der Waals surface area contributed by atoms with E-state index in [1.54, 1.807) is 12.1 Å². The smallest absolute Gasteiger partial charge is 0.250 e. The lowest BCUT2D eigenvalue weighted by Gasteiger charge is -2.22. The molecule has 4 heteroatoms. The fraction of sp³-hybridized carbons (Fsp3) is 0.625. The van der Waals surface area contributed by atoms with Gasteiger partial charge in [-0.25, -0.2) is 0 Å². The van der Waals surface area contributed by atoms with Gasteiger partial charge in [-0.05, 0) is 44.2 Å². The van der Waals surface area contributed by atoms with Gasteiger partial charge in [0, 0.05) is 36.3 Å². The predicted octanol–water partition coefficient (Wildman–Crippen LogP) is 1.76. The Balaban J connectivity index is 1.78. The average Bonchev–Trinajstić information content (AvgIpc) is 3.24. The summed E-state index contributed by atoms with van der Waals surface area (Å²) in [5, 5.41) is 3.50. The van der Waals surface area contributed by atoms with Crippen LogP contribution in [0.25, 0.3) is 0 Å². The standard InChI is InChI=1S/C16H22N2O2/c1-11(9-17-12-5-6-12)10-18-14-3-2-4-15(19)13(14)7-8-16(18)20/h7-8,11-12,17H,2-6,9-10H2,1H3. The normalized spacial score (nSPS) is 19.8. The maximum atomic E-state index is 12.1. The van der Waals surface area contributed by atoms with Crippen molar-refractivity contribution < 1.29 is 4.79 Å². The lowest BCUT2D eigenvalue weighted by molar-refractivity contribution is 0.0970. The number of rotatable bonds is 5. The summed E-state index contributed by atoms with van der Waals surface area (Å²) in [6, 6.07) is 3.95. The van der Waals surface area contributed by atoms with E-state index >= 15 is 0 Å². The average molecular weight is 274 g/mol. The summed E-state index contributed by atoms with van der Waals surface area (Å²) in [5.41, 5.74) is 1.74. The molecule has 2 aliphatic carbocycles. The monoisotopic (exact) mass is 274 g/mol. The fourth-order valence-electron chi connectivity index (χ4n) is 2.93. The van der Waals surface area contributed by atoms with Gasteiger partial charge >= 0.3 is 0 Å². The lowest BCUT2D eigenvalue weighted by atomic mass is 9.94. The van der Waals surface area contributed by atoms with Crippen LogP contribution in [0.3, 0.4) is 0 Å². The molecule has 1 heterocycles. The van der Waals surface area contributed by atoms with Gasteiger partial charge in [-0.2, -0.15) is 0 Å². The summed E-state index contributed by atoms with van der Waals surface area (Å²) in [7, 11) is 0. The summed E-state index contributed by atoms with van der Waals surface area (Å²) in [4.78, 5) is 24.0. The minimum Gasteiger partial charge on any atom is -0.314 e. The Kier molecular flexibility index (Phi) is 3.74. The van der Waals surface area contributed by atoms with E-state index in [0.717, 1.165) is 30.6 Å². The van der Waals surface area contributed by atoms with Crippen LogP contribution in [0.2, 0.25) is 0 Å². The summed E-state index contributed by atoms with van der Waals surface area (Å²) < 4.78 is 1.83. The lowest BCUT2D eigenvalue weighted by Crippen LogP contribution is -2.33. The van der Waals surface area contributed by atoms with Crippen molar-refractivity contribution in [3.05, 3.63) is 33.7 Å². The van der Waals surface area contributed by atoms with Crippen molar-refractivity contribution in [2.24, 2.45) is 5.92 Å². The molecule has 1 aromatic rings. The summed E-state index contributed by atoms with van der Waals surface area (Å²) in [5.74, 6) is 0.584. The van der Waals surface area contributed by atoms with Crippen LogP contribution in [-0.2, 0) is 13.0 Å². The molecule has 2 aliphatic rings. The SMILES string of the molecule is CC(CNC1CC1)Cn1c2c(ccc1=O)C(=O)CCC2. The van der Waals surface area contributed by atoms with Gasteiger partial charge in [-0.3, -0.25) is 9.59 Å². The van der Waals surface area contributed by atoms with Crippen LogP contribution in [0.1, 0.15) is 48.7 Å². The van der Waals surface area contributed by atoms with Crippen molar-refractivity contribution in [3.8, 4) is 0 Å². The second-order valence-corrected chi connectivity index (χ2v) is 6.21. The van der Waals surface area contributed by atoms with Crippen LogP contribution in [0, 0.1) is 5.92 Å². The first kappa shape index (κ1) is 13.6. The molecule has 108 valence electrons. The van der Waals surface area contributed by atoms with Crippen LogP contribution in [0.5, 0.6) is 0 Å². The van der Waals surface area contributed by atoms with Gasteiger partial charge in [-0.1, -0.05) is 6.92 Å². The number of hydrogen-bond acceptors (Lipinski definition) is 3. The van der Waals surface area contributed by atoms with Gasteiger partial charge in [0.05, 0.1) is 0 Å². The molecule has 4 nitrogen and oxygen atoms in total. The molecular weight excluding hydrogens is 252 g/mol. The summed E-state index contributed by atoms with van der Waals surface area (Å²) >= 11 is 0. The number of ketones is 1. The number of aromatic nitrogens is 1. The molecule has 1 aromatic heterocycles. The minimum absolute atomic E-state index is 0.0247. The molecule has 0 saturated heterocycles. The van der Waals surface area contributed by atoms with Crippen LogP contribution >= 0.6 is 0 Å². The third kappa shape index (κ3) is 2.85. The third-order valence-corrected chi connectivity index (χ3v) is 4.24. The van der Waals surface area contributed by atoms with Crippen molar-refractivity contribution in [1.29, 1.82) is 0 Å². The van der Waals surface area contributed by atoms with Crippen LogP contribution in [0.4, 0.5) is 0 Å². The van der Waals surface area contributed by atoms with E-state index in [9.17, 15) is 9.59 Å². The molecule has 0 spiro atoms. The van der Waals surface area contributed by atoms with E-state index in [1.807, 2.05) is 4.57 Å². The zero-order chi connectivity index (χ0) is 14.1. The molecule has 1 N–H and O–H groups in total. The van der Waals surface area contributed by atoms with E-state index in [2.05, 4.69) is 12.2 Å². The topological polar surface area (TPSA) is 51.1 Å². The second-order valence-electron chi connectivity index (χ2n) is 6.21. The van der Waals surface area contributed by atoms with Crippen LogP contribution < -0.4 is 10.9 Å². The Bertz CT molecular complexity index is 572. The Hall–Kier alpha value is -1.42. The Labute approximate surface area is 119 Å². The third-order valence-electron chi connectivity index (χ3n) is 4.24. The van der Waals surface area contributed by atoms with Crippen molar-refractivity contribution in [2.45, 2.75) is 51.6 Å². The fourth-order valence-corrected chi connectivity index (χ4v) is 2.93. The molecule has 0 aliphatic heterocycles. The molecule has 0 amide bonds. The number of Topliss-reactive ketones (excluding diaryl/α,β-unsaturated/α-hetero) is 1. The first-order valence-electron chi connectivity index (χ1n) is 7.64. The van der Waals surface area contributed by atoms with Gasteiger partial charge in [0.25, 0.3) is 5.56 Å². The van der Waals surface area contributed by atoms with E-state index in [-0.39, 0.29) is 11.3 Å². The summed E-state index contributed by atoms with van der Waals surface area (Å²) in [6.45, 7) is 3.80. The number of carbonyl (C=O) groups excluding carboxylic acids is 1. The van der Waals surface area contributed by atoms with E-state index in [4.69, 9.17) is 0 Å². The van der Waals surface area contributed by atoms with Gasteiger partial charge in [0.15, 0.2) is 5.78 Å². The van der Waals surface area contributed by atoms with Gasteiger partial charge < -0.3 is 9.88 Å².